The highest BCUT2D eigenvalue weighted by atomic mass is 16.2. The van der Waals surface area contributed by atoms with E-state index < -0.39 is 0 Å². The van der Waals surface area contributed by atoms with E-state index in [4.69, 9.17) is 0 Å². The molecule has 2 unspecified atom stereocenters. The summed E-state index contributed by atoms with van der Waals surface area (Å²) in [5, 5.41) is 3.10. The normalized spacial score (nSPS) is 26.4. The van der Waals surface area contributed by atoms with Gasteiger partial charge < -0.3 is 24.6 Å². The van der Waals surface area contributed by atoms with Crippen molar-refractivity contribution in [3.8, 4) is 0 Å². The van der Waals surface area contributed by atoms with Crippen LogP contribution in [0, 0.1) is 17.8 Å². The van der Waals surface area contributed by atoms with E-state index in [1.54, 1.807) is 0 Å². The second-order valence-corrected chi connectivity index (χ2v) is 11.4. The molecule has 2 aromatic rings. The van der Waals surface area contributed by atoms with E-state index in [0.717, 1.165) is 55.8 Å². The number of amides is 4. The first-order valence-corrected chi connectivity index (χ1v) is 14.0. The Labute approximate surface area is 218 Å². The molecule has 198 valence electrons. The highest BCUT2D eigenvalue weighted by Crippen LogP contribution is 2.38. The molecule has 5 heterocycles. The van der Waals surface area contributed by atoms with Crippen molar-refractivity contribution in [3.63, 3.8) is 0 Å². The fraction of sp³-hybridized carbons (Fsp3) is 0.643. The van der Waals surface area contributed by atoms with E-state index in [-0.39, 0.29) is 17.9 Å². The van der Waals surface area contributed by atoms with Crippen molar-refractivity contribution in [1.29, 1.82) is 0 Å². The molecule has 37 heavy (non-hydrogen) atoms. The maximum absolute atomic E-state index is 13.4. The molecule has 4 saturated heterocycles. The van der Waals surface area contributed by atoms with Gasteiger partial charge in [-0.3, -0.25) is 9.59 Å². The average molecular weight is 507 g/mol. The van der Waals surface area contributed by atoms with Gasteiger partial charge >= 0.3 is 6.03 Å². The van der Waals surface area contributed by atoms with Gasteiger partial charge in [0.25, 0.3) is 0 Å². The van der Waals surface area contributed by atoms with Gasteiger partial charge in [-0.2, -0.15) is 0 Å². The fourth-order valence-corrected chi connectivity index (χ4v) is 7.16. The third-order valence-corrected chi connectivity index (χ3v) is 9.11. The van der Waals surface area contributed by atoms with Crippen LogP contribution < -0.4 is 5.32 Å². The van der Waals surface area contributed by atoms with Crippen LogP contribution in [0.25, 0.3) is 11.0 Å². The first-order chi connectivity index (χ1) is 18.0. The van der Waals surface area contributed by atoms with Gasteiger partial charge in [0.05, 0.1) is 11.0 Å². The monoisotopic (exact) mass is 506 g/mol. The summed E-state index contributed by atoms with van der Waals surface area (Å²) in [5.74, 6) is 2.10. The number of para-hydroxylation sites is 2. The maximum Gasteiger partial charge on any atom is 0.320 e. The molecule has 9 nitrogen and oxygen atoms in total. The van der Waals surface area contributed by atoms with E-state index >= 15 is 0 Å². The van der Waals surface area contributed by atoms with Crippen molar-refractivity contribution in [2.45, 2.75) is 51.0 Å². The van der Waals surface area contributed by atoms with Gasteiger partial charge in [-0.15, -0.1) is 0 Å². The highest BCUT2D eigenvalue weighted by molar-refractivity contribution is 5.80. The molecular formula is C28H38N6O3. The molecule has 9 heteroatoms. The van der Waals surface area contributed by atoms with Crippen LogP contribution in [0.3, 0.4) is 0 Å². The minimum Gasteiger partial charge on any atom is -0.355 e. The molecule has 1 aromatic heterocycles. The molecule has 4 aliphatic heterocycles. The average Bonchev–Trinajstić information content (AvgIpc) is 3.24. The van der Waals surface area contributed by atoms with Crippen molar-refractivity contribution >= 4 is 28.9 Å². The largest absolute Gasteiger partial charge is 0.355 e. The molecule has 0 saturated carbocycles. The Morgan fingerprint density at radius 1 is 1.05 bits per heavy atom. The summed E-state index contributed by atoms with van der Waals surface area (Å²) < 4.78 is 2.09. The lowest BCUT2D eigenvalue weighted by atomic mass is 9.76. The third-order valence-electron chi connectivity index (χ3n) is 9.11. The molecule has 0 aliphatic carbocycles. The number of piperidine rings is 4. The number of carbonyl (C=O) groups is 3. The van der Waals surface area contributed by atoms with E-state index in [0.29, 0.717) is 69.1 Å². The van der Waals surface area contributed by atoms with E-state index in [9.17, 15) is 14.4 Å². The predicted molar refractivity (Wildman–Crippen MR) is 140 cm³/mol. The number of benzene rings is 1. The van der Waals surface area contributed by atoms with Gasteiger partial charge in [0.1, 0.15) is 5.82 Å². The number of aryl methyl sites for hydroxylation is 1. The quantitative estimate of drug-likeness (QED) is 0.690. The summed E-state index contributed by atoms with van der Waals surface area (Å²) in [6.45, 7) is 4.12. The number of likely N-dealkylation sites (tertiary alicyclic amines) is 2. The SMILES string of the molecule is Cn1c(CCNC(=O)C2CCN(C(=O)N3CC4CC(C3)[C@H]3CCCC(=O)N3C4)CC2)nc2ccccc21. The van der Waals surface area contributed by atoms with Crippen LogP contribution in [0.5, 0.6) is 0 Å². The summed E-state index contributed by atoms with van der Waals surface area (Å²) in [4.78, 5) is 49.4. The zero-order valence-electron chi connectivity index (χ0n) is 21.8. The van der Waals surface area contributed by atoms with Crippen LogP contribution in [-0.2, 0) is 23.1 Å². The van der Waals surface area contributed by atoms with Crippen LogP contribution in [0.1, 0.15) is 44.3 Å². The molecule has 2 bridgehead atoms. The van der Waals surface area contributed by atoms with Crippen LogP contribution in [-0.4, -0.2) is 87.4 Å². The molecule has 1 N–H and O–H groups in total. The molecule has 3 atom stereocenters. The molecule has 6 rings (SSSR count). The van der Waals surface area contributed by atoms with Gasteiger partial charge in [-0.1, -0.05) is 12.1 Å². The minimum atomic E-state index is -0.0490. The maximum atomic E-state index is 13.4. The molecule has 0 radical (unpaired) electrons. The summed E-state index contributed by atoms with van der Waals surface area (Å²) in [6, 6.07) is 8.49. The zero-order chi connectivity index (χ0) is 25.5. The lowest BCUT2D eigenvalue weighted by molar-refractivity contribution is -0.144. The fourth-order valence-electron chi connectivity index (χ4n) is 7.16. The molecule has 4 amide bonds. The van der Waals surface area contributed by atoms with Crippen molar-refractivity contribution < 1.29 is 14.4 Å². The summed E-state index contributed by atoms with van der Waals surface area (Å²) in [5.41, 5.74) is 2.08. The van der Waals surface area contributed by atoms with E-state index in [1.165, 1.54) is 0 Å². The first kappa shape index (κ1) is 24.2. The number of nitrogens with one attached hydrogen (secondary N) is 1. The molecule has 0 spiro atoms. The van der Waals surface area contributed by atoms with Gasteiger partial charge in [-0.25, -0.2) is 9.78 Å². The van der Waals surface area contributed by atoms with Gasteiger partial charge in [0.2, 0.25) is 11.8 Å². The van der Waals surface area contributed by atoms with Crippen molar-refractivity contribution in [3.05, 3.63) is 30.1 Å². The Hall–Kier alpha value is -3.10. The predicted octanol–water partition coefficient (Wildman–Crippen LogP) is 2.40. The standard InChI is InChI=1S/C28H38N6O3/c1-31-24-6-3-2-5-22(24)30-25(31)9-12-29-27(36)20-10-13-32(14-11-20)28(37)33-16-19-15-21(18-33)23-7-4-8-26(35)34(23)17-19/h2-3,5-6,19-21,23H,4,7-18H2,1H3,(H,29,36)/t19?,21?,23-/m1/s1. The molecular weight excluding hydrogens is 468 g/mol. The van der Waals surface area contributed by atoms with Gasteiger partial charge in [0, 0.05) is 71.1 Å². The second kappa shape index (κ2) is 9.99. The number of fused-ring (bicyclic) bond motifs is 5. The van der Waals surface area contributed by atoms with Crippen LogP contribution in [0.2, 0.25) is 0 Å². The van der Waals surface area contributed by atoms with Crippen molar-refractivity contribution in [2.24, 2.45) is 24.8 Å². The molecule has 4 fully saturated rings. The van der Waals surface area contributed by atoms with Crippen LogP contribution in [0.15, 0.2) is 24.3 Å². The van der Waals surface area contributed by atoms with E-state index in [2.05, 4.69) is 25.8 Å². The van der Waals surface area contributed by atoms with Crippen LogP contribution in [0.4, 0.5) is 4.79 Å². The Bertz CT molecular complexity index is 1190. The zero-order valence-corrected chi connectivity index (χ0v) is 21.8. The Morgan fingerprint density at radius 2 is 1.86 bits per heavy atom. The lowest BCUT2D eigenvalue weighted by Crippen LogP contribution is -2.62. The van der Waals surface area contributed by atoms with Crippen molar-refractivity contribution in [1.82, 2.24) is 29.6 Å². The minimum absolute atomic E-state index is 0.0490. The van der Waals surface area contributed by atoms with E-state index in [1.807, 2.05) is 35.0 Å². The number of aromatic nitrogens is 2. The van der Waals surface area contributed by atoms with Gasteiger partial charge in [-0.05, 0) is 56.1 Å². The summed E-state index contributed by atoms with van der Waals surface area (Å²) >= 11 is 0. The van der Waals surface area contributed by atoms with Gasteiger partial charge in [0.15, 0.2) is 0 Å². The molecule has 1 aromatic carbocycles. The number of rotatable bonds is 4. The molecule has 4 aliphatic rings. The Morgan fingerprint density at radius 3 is 2.68 bits per heavy atom. The summed E-state index contributed by atoms with van der Waals surface area (Å²) in [6.07, 6.45) is 5.96. The highest BCUT2D eigenvalue weighted by Gasteiger charge is 2.45. The summed E-state index contributed by atoms with van der Waals surface area (Å²) in [7, 11) is 2.01. The smallest absolute Gasteiger partial charge is 0.320 e. The number of urea groups is 1. The second-order valence-electron chi connectivity index (χ2n) is 11.4. The number of hydrogen-bond donors (Lipinski definition) is 1. The Kier molecular flexibility index (Phi) is 6.55. The number of nitrogens with zero attached hydrogens (tertiary/aromatic N) is 5. The first-order valence-electron chi connectivity index (χ1n) is 14.0. The topological polar surface area (TPSA) is 90.8 Å². The number of hydrogen-bond acceptors (Lipinski definition) is 4. The third kappa shape index (κ3) is 4.68. The number of imidazole rings is 1. The number of carbonyl (C=O) groups excluding carboxylic acids is 3. The van der Waals surface area contributed by atoms with Crippen LogP contribution >= 0.6 is 0 Å². The lowest BCUT2D eigenvalue weighted by Gasteiger charge is -2.53. The van der Waals surface area contributed by atoms with Crippen molar-refractivity contribution in [2.75, 3.05) is 39.3 Å². The Balaban J connectivity index is 0.974.